The van der Waals surface area contributed by atoms with Crippen molar-refractivity contribution >= 4 is 11.9 Å². The molecule has 1 aromatic rings. The van der Waals surface area contributed by atoms with Crippen molar-refractivity contribution in [1.82, 2.24) is 14.5 Å². The Balaban J connectivity index is 1.95. The summed E-state index contributed by atoms with van der Waals surface area (Å²) < 4.78 is 6.82. The molecule has 0 radical (unpaired) electrons. The standard InChI is InChI=1S/C15H21N3O4/c1-17-5-3-10(8-17)13-16-12(14(19)20)11-7-9(15(21)22-2)4-6-18(11)13/h9-10H,3-8H2,1-2H3,(H,19,20). The maximum absolute atomic E-state index is 11.8. The summed E-state index contributed by atoms with van der Waals surface area (Å²) in [5.41, 5.74) is 0.761. The number of aromatic carboxylic acids is 1. The second kappa shape index (κ2) is 5.72. The SMILES string of the molecule is COC(=O)C1CCn2c(C3CCN(C)C3)nc(C(=O)O)c2C1. The van der Waals surface area contributed by atoms with Crippen LogP contribution in [0.15, 0.2) is 0 Å². The van der Waals surface area contributed by atoms with Gasteiger partial charge in [0, 0.05) is 25.4 Å². The van der Waals surface area contributed by atoms with Crippen molar-refractivity contribution in [2.45, 2.75) is 31.7 Å². The number of ether oxygens (including phenoxy) is 1. The van der Waals surface area contributed by atoms with Crippen molar-refractivity contribution in [2.24, 2.45) is 5.92 Å². The van der Waals surface area contributed by atoms with Crippen LogP contribution in [-0.2, 0) is 22.5 Å². The van der Waals surface area contributed by atoms with Crippen LogP contribution in [0, 0.1) is 5.92 Å². The van der Waals surface area contributed by atoms with Crippen molar-refractivity contribution < 1.29 is 19.4 Å². The lowest BCUT2D eigenvalue weighted by Crippen LogP contribution is -2.28. The summed E-state index contributed by atoms with van der Waals surface area (Å²) in [6.07, 6.45) is 2.06. The third-order valence-corrected chi connectivity index (χ3v) is 4.74. The van der Waals surface area contributed by atoms with Crippen molar-refractivity contribution in [1.29, 1.82) is 0 Å². The molecule has 1 aromatic heterocycles. The topological polar surface area (TPSA) is 84.7 Å². The lowest BCUT2D eigenvalue weighted by molar-refractivity contribution is -0.146. The lowest BCUT2D eigenvalue weighted by Gasteiger charge is -2.24. The van der Waals surface area contributed by atoms with Crippen LogP contribution in [-0.4, -0.2) is 58.7 Å². The Hall–Kier alpha value is -1.89. The number of carbonyl (C=O) groups is 2. The largest absolute Gasteiger partial charge is 0.476 e. The summed E-state index contributed by atoms with van der Waals surface area (Å²) in [5, 5.41) is 9.43. The fourth-order valence-electron chi connectivity index (χ4n) is 3.58. The summed E-state index contributed by atoms with van der Waals surface area (Å²) in [6, 6.07) is 0. The Morgan fingerprint density at radius 1 is 1.32 bits per heavy atom. The summed E-state index contributed by atoms with van der Waals surface area (Å²) in [7, 11) is 3.43. The van der Waals surface area contributed by atoms with Crippen LogP contribution in [0.25, 0.3) is 0 Å². The fraction of sp³-hybridized carbons (Fsp3) is 0.667. The monoisotopic (exact) mass is 307 g/mol. The van der Waals surface area contributed by atoms with Gasteiger partial charge in [-0.15, -0.1) is 0 Å². The van der Waals surface area contributed by atoms with Gasteiger partial charge in [0.05, 0.1) is 18.7 Å². The molecule has 0 aliphatic carbocycles. The number of carbonyl (C=O) groups excluding carboxylic acids is 1. The van der Waals surface area contributed by atoms with E-state index in [-0.39, 0.29) is 23.5 Å². The number of rotatable bonds is 3. The molecule has 1 fully saturated rings. The van der Waals surface area contributed by atoms with E-state index in [0.29, 0.717) is 25.1 Å². The van der Waals surface area contributed by atoms with Gasteiger partial charge in [0.15, 0.2) is 5.69 Å². The molecule has 2 aliphatic heterocycles. The summed E-state index contributed by atoms with van der Waals surface area (Å²) in [6.45, 7) is 2.53. The van der Waals surface area contributed by atoms with E-state index in [9.17, 15) is 14.7 Å². The maximum atomic E-state index is 11.8. The Labute approximate surface area is 128 Å². The van der Waals surface area contributed by atoms with E-state index in [4.69, 9.17) is 4.74 Å². The first-order valence-electron chi connectivity index (χ1n) is 7.60. The van der Waals surface area contributed by atoms with E-state index in [1.165, 1.54) is 7.11 Å². The first-order chi connectivity index (χ1) is 10.5. The smallest absolute Gasteiger partial charge is 0.356 e. The molecular weight excluding hydrogens is 286 g/mol. The van der Waals surface area contributed by atoms with Gasteiger partial charge in [-0.2, -0.15) is 0 Å². The molecule has 1 saturated heterocycles. The first kappa shape index (κ1) is 15.0. The minimum absolute atomic E-state index is 0.0955. The van der Waals surface area contributed by atoms with Gasteiger partial charge in [0.1, 0.15) is 5.82 Å². The first-order valence-corrected chi connectivity index (χ1v) is 7.60. The van der Waals surface area contributed by atoms with E-state index in [2.05, 4.69) is 16.9 Å². The second-order valence-electron chi connectivity index (χ2n) is 6.18. The number of carboxylic acids is 1. The molecule has 2 unspecified atom stereocenters. The van der Waals surface area contributed by atoms with Gasteiger partial charge in [-0.25, -0.2) is 9.78 Å². The number of likely N-dealkylation sites (tertiary alicyclic amines) is 1. The van der Waals surface area contributed by atoms with Gasteiger partial charge >= 0.3 is 11.9 Å². The van der Waals surface area contributed by atoms with E-state index in [0.717, 1.165) is 25.3 Å². The molecule has 0 amide bonds. The molecule has 120 valence electrons. The van der Waals surface area contributed by atoms with E-state index >= 15 is 0 Å². The van der Waals surface area contributed by atoms with Crippen LogP contribution in [0.3, 0.4) is 0 Å². The zero-order chi connectivity index (χ0) is 15.9. The van der Waals surface area contributed by atoms with Crippen molar-refractivity contribution in [2.75, 3.05) is 27.2 Å². The molecule has 0 bridgehead atoms. The molecule has 7 heteroatoms. The highest BCUT2D eigenvalue weighted by Crippen LogP contribution is 2.32. The maximum Gasteiger partial charge on any atom is 0.356 e. The molecule has 2 atom stereocenters. The Morgan fingerprint density at radius 2 is 2.09 bits per heavy atom. The van der Waals surface area contributed by atoms with Gasteiger partial charge in [-0.3, -0.25) is 4.79 Å². The minimum Gasteiger partial charge on any atom is -0.476 e. The molecule has 3 heterocycles. The van der Waals surface area contributed by atoms with Gasteiger partial charge < -0.3 is 19.3 Å². The average Bonchev–Trinajstić information content (AvgIpc) is 3.09. The zero-order valence-corrected chi connectivity index (χ0v) is 12.9. The highest BCUT2D eigenvalue weighted by molar-refractivity contribution is 5.87. The third kappa shape index (κ3) is 2.49. The summed E-state index contributed by atoms with van der Waals surface area (Å²) in [4.78, 5) is 29.9. The molecule has 2 aliphatic rings. The number of hydrogen-bond donors (Lipinski definition) is 1. The second-order valence-corrected chi connectivity index (χ2v) is 6.18. The van der Waals surface area contributed by atoms with Crippen LogP contribution in [0.5, 0.6) is 0 Å². The minimum atomic E-state index is -1.02. The van der Waals surface area contributed by atoms with Gasteiger partial charge in [0.25, 0.3) is 0 Å². The van der Waals surface area contributed by atoms with Crippen molar-refractivity contribution in [3.63, 3.8) is 0 Å². The third-order valence-electron chi connectivity index (χ3n) is 4.74. The average molecular weight is 307 g/mol. The van der Waals surface area contributed by atoms with Crippen molar-refractivity contribution in [3.8, 4) is 0 Å². The Bertz CT molecular complexity index is 610. The number of aromatic nitrogens is 2. The predicted octanol–water partition coefficient (Wildman–Crippen LogP) is 0.736. The van der Waals surface area contributed by atoms with Gasteiger partial charge in [0.2, 0.25) is 0 Å². The Morgan fingerprint density at radius 3 is 2.68 bits per heavy atom. The normalized spacial score (nSPS) is 25.0. The number of methoxy groups -OCH3 is 1. The number of likely N-dealkylation sites (N-methyl/N-ethyl adjacent to an activating group) is 1. The molecule has 22 heavy (non-hydrogen) atoms. The summed E-state index contributed by atoms with van der Waals surface area (Å²) >= 11 is 0. The lowest BCUT2D eigenvalue weighted by atomic mass is 9.94. The number of hydrogen-bond acceptors (Lipinski definition) is 5. The number of nitrogens with zero attached hydrogens (tertiary/aromatic N) is 3. The number of fused-ring (bicyclic) bond motifs is 1. The summed E-state index contributed by atoms with van der Waals surface area (Å²) in [5.74, 6) is -0.434. The fourth-order valence-corrected chi connectivity index (χ4v) is 3.58. The van der Waals surface area contributed by atoms with Crippen LogP contribution in [0.1, 0.15) is 40.8 Å². The highest BCUT2D eigenvalue weighted by Gasteiger charge is 2.35. The molecule has 1 N–H and O–H groups in total. The molecule has 7 nitrogen and oxygen atoms in total. The van der Waals surface area contributed by atoms with E-state index in [1.807, 2.05) is 4.57 Å². The Kier molecular flexibility index (Phi) is 3.90. The van der Waals surface area contributed by atoms with Gasteiger partial charge in [-0.05, 0) is 26.4 Å². The van der Waals surface area contributed by atoms with Crippen molar-refractivity contribution in [3.05, 3.63) is 17.2 Å². The molecule has 3 rings (SSSR count). The van der Waals surface area contributed by atoms with Crippen LogP contribution >= 0.6 is 0 Å². The highest BCUT2D eigenvalue weighted by atomic mass is 16.5. The zero-order valence-electron chi connectivity index (χ0n) is 12.9. The number of carboxylic acid groups (broad SMARTS) is 1. The molecular formula is C15H21N3O4. The van der Waals surface area contributed by atoms with E-state index in [1.54, 1.807) is 0 Å². The van der Waals surface area contributed by atoms with Gasteiger partial charge in [-0.1, -0.05) is 0 Å². The van der Waals surface area contributed by atoms with Crippen LogP contribution in [0.2, 0.25) is 0 Å². The number of imidazole rings is 1. The van der Waals surface area contributed by atoms with Crippen LogP contribution < -0.4 is 0 Å². The number of esters is 1. The quantitative estimate of drug-likeness (QED) is 0.829. The predicted molar refractivity (Wildman–Crippen MR) is 77.9 cm³/mol. The molecule has 0 spiro atoms. The molecule has 0 saturated carbocycles. The van der Waals surface area contributed by atoms with E-state index < -0.39 is 5.97 Å². The molecule has 0 aromatic carbocycles. The van der Waals surface area contributed by atoms with Crippen LogP contribution in [0.4, 0.5) is 0 Å².